The summed E-state index contributed by atoms with van der Waals surface area (Å²) in [7, 11) is 1.90. The van der Waals surface area contributed by atoms with E-state index in [4.69, 9.17) is 4.74 Å². The molecule has 0 aliphatic heterocycles. The third kappa shape index (κ3) is 3.27. The zero-order chi connectivity index (χ0) is 13.0. The van der Waals surface area contributed by atoms with Crippen LogP contribution >= 0.6 is 11.3 Å². The molecule has 0 unspecified atom stereocenters. The van der Waals surface area contributed by atoms with E-state index in [0.29, 0.717) is 13.2 Å². The molecule has 2 aromatic rings. The molecule has 0 aromatic carbocycles. The molecule has 0 amide bonds. The Hall–Kier alpha value is -1.46. The molecule has 0 atom stereocenters. The molecule has 0 spiro atoms. The number of rotatable bonds is 5. The molecular formula is C13H17N3OS. The third-order valence-corrected chi connectivity index (χ3v) is 3.28. The molecule has 0 aliphatic carbocycles. The normalized spacial score (nSPS) is 10.6. The minimum absolute atomic E-state index is 0.492. The Labute approximate surface area is 111 Å². The highest BCUT2D eigenvalue weighted by Gasteiger charge is 2.06. The van der Waals surface area contributed by atoms with Crippen LogP contribution in [0.15, 0.2) is 17.5 Å². The lowest BCUT2D eigenvalue weighted by Crippen LogP contribution is -2.10. The van der Waals surface area contributed by atoms with E-state index in [9.17, 15) is 0 Å². The van der Waals surface area contributed by atoms with Crippen LogP contribution < -0.4 is 10.1 Å². The summed E-state index contributed by atoms with van der Waals surface area (Å²) in [6, 6.07) is 3.93. The SMILES string of the molecule is CNCc1nc(C)ccc1OCc1csc(C)n1. The molecule has 0 aliphatic rings. The zero-order valence-corrected chi connectivity index (χ0v) is 11.7. The monoisotopic (exact) mass is 263 g/mol. The van der Waals surface area contributed by atoms with Crippen LogP contribution in [0.3, 0.4) is 0 Å². The minimum atomic E-state index is 0.492. The Morgan fingerprint density at radius 1 is 1.28 bits per heavy atom. The fourth-order valence-corrected chi connectivity index (χ4v) is 2.25. The molecule has 0 fully saturated rings. The number of thiazole rings is 1. The molecule has 96 valence electrons. The summed E-state index contributed by atoms with van der Waals surface area (Å²) >= 11 is 1.64. The zero-order valence-electron chi connectivity index (χ0n) is 10.9. The Morgan fingerprint density at radius 3 is 2.78 bits per heavy atom. The van der Waals surface area contributed by atoms with Crippen molar-refractivity contribution in [2.24, 2.45) is 0 Å². The average molecular weight is 263 g/mol. The average Bonchev–Trinajstić information content (AvgIpc) is 2.75. The molecule has 5 heteroatoms. The highest BCUT2D eigenvalue weighted by Crippen LogP contribution is 2.19. The standard InChI is InChI=1S/C13H17N3OS/c1-9-4-5-13(12(15-9)6-14-3)17-7-11-8-18-10(2)16-11/h4-5,8,14H,6-7H2,1-3H3. The quantitative estimate of drug-likeness (QED) is 0.900. The number of hydrogen-bond donors (Lipinski definition) is 1. The van der Waals surface area contributed by atoms with E-state index in [1.54, 1.807) is 11.3 Å². The second-order valence-corrected chi connectivity index (χ2v) is 5.14. The van der Waals surface area contributed by atoms with Gasteiger partial charge in [0.25, 0.3) is 0 Å². The van der Waals surface area contributed by atoms with Gasteiger partial charge in [0.2, 0.25) is 0 Å². The summed E-state index contributed by atoms with van der Waals surface area (Å²) in [6.07, 6.45) is 0. The van der Waals surface area contributed by atoms with E-state index < -0.39 is 0 Å². The maximum absolute atomic E-state index is 5.79. The summed E-state index contributed by atoms with van der Waals surface area (Å²) in [6.45, 7) is 5.17. The van der Waals surface area contributed by atoms with Crippen LogP contribution in [0.2, 0.25) is 0 Å². The Balaban J connectivity index is 2.08. The van der Waals surface area contributed by atoms with Crippen molar-refractivity contribution in [3.8, 4) is 5.75 Å². The van der Waals surface area contributed by atoms with Crippen molar-refractivity contribution < 1.29 is 4.74 Å². The molecule has 2 heterocycles. The number of aromatic nitrogens is 2. The first-order chi connectivity index (χ1) is 8.69. The maximum atomic E-state index is 5.79. The van der Waals surface area contributed by atoms with Gasteiger partial charge in [-0.1, -0.05) is 0 Å². The molecule has 0 bridgehead atoms. The van der Waals surface area contributed by atoms with Gasteiger partial charge in [0, 0.05) is 17.6 Å². The van der Waals surface area contributed by atoms with Crippen LogP contribution in [0.1, 0.15) is 22.1 Å². The predicted molar refractivity (Wildman–Crippen MR) is 72.9 cm³/mol. The van der Waals surface area contributed by atoms with Gasteiger partial charge in [-0.05, 0) is 33.0 Å². The molecule has 1 N–H and O–H groups in total. The highest BCUT2D eigenvalue weighted by molar-refractivity contribution is 7.09. The number of hydrogen-bond acceptors (Lipinski definition) is 5. The van der Waals surface area contributed by atoms with Crippen molar-refractivity contribution in [3.05, 3.63) is 39.6 Å². The van der Waals surface area contributed by atoms with Gasteiger partial charge in [-0.15, -0.1) is 11.3 Å². The van der Waals surface area contributed by atoms with Gasteiger partial charge in [-0.25, -0.2) is 4.98 Å². The summed E-state index contributed by atoms with van der Waals surface area (Å²) < 4.78 is 5.79. The van der Waals surface area contributed by atoms with Crippen LogP contribution in [-0.4, -0.2) is 17.0 Å². The van der Waals surface area contributed by atoms with Gasteiger partial charge in [0.05, 0.1) is 16.4 Å². The number of nitrogens with zero attached hydrogens (tertiary/aromatic N) is 2. The molecule has 0 radical (unpaired) electrons. The molecule has 4 nitrogen and oxygen atoms in total. The largest absolute Gasteiger partial charge is 0.485 e. The van der Waals surface area contributed by atoms with Gasteiger partial charge in [0.15, 0.2) is 0 Å². The fourth-order valence-electron chi connectivity index (χ4n) is 1.65. The van der Waals surface area contributed by atoms with Crippen LogP contribution in [0.5, 0.6) is 5.75 Å². The van der Waals surface area contributed by atoms with Gasteiger partial charge in [-0.2, -0.15) is 0 Å². The second kappa shape index (κ2) is 5.93. The van der Waals surface area contributed by atoms with Gasteiger partial charge in [0.1, 0.15) is 12.4 Å². The molecule has 18 heavy (non-hydrogen) atoms. The molecule has 2 aromatic heterocycles. The first-order valence-electron chi connectivity index (χ1n) is 5.84. The first kappa shape index (κ1) is 13.0. The van der Waals surface area contributed by atoms with Crippen molar-refractivity contribution in [2.75, 3.05) is 7.05 Å². The van der Waals surface area contributed by atoms with Crippen molar-refractivity contribution in [2.45, 2.75) is 27.0 Å². The lowest BCUT2D eigenvalue weighted by Gasteiger charge is -2.10. The summed E-state index contributed by atoms with van der Waals surface area (Å²) in [4.78, 5) is 8.85. The molecule has 0 saturated carbocycles. The van der Waals surface area contributed by atoms with Crippen LogP contribution in [-0.2, 0) is 13.2 Å². The van der Waals surface area contributed by atoms with Gasteiger partial charge >= 0.3 is 0 Å². The van der Waals surface area contributed by atoms with Crippen molar-refractivity contribution in [3.63, 3.8) is 0 Å². The topological polar surface area (TPSA) is 47.0 Å². The Morgan fingerprint density at radius 2 is 2.11 bits per heavy atom. The third-order valence-electron chi connectivity index (χ3n) is 2.46. The van der Waals surface area contributed by atoms with E-state index in [1.807, 2.05) is 38.4 Å². The lowest BCUT2D eigenvalue weighted by molar-refractivity contribution is 0.296. The Bertz CT molecular complexity index is 525. The first-order valence-corrected chi connectivity index (χ1v) is 6.72. The van der Waals surface area contributed by atoms with Crippen molar-refractivity contribution >= 4 is 11.3 Å². The number of aryl methyl sites for hydroxylation is 2. The summed E-state index contributed by atoms with van der Waals surface area (Å²) in [5.74, 6) is 0.820. The van der Waals surface area contributed by atoms with Crippen LogP contribution in [0.4, 0.5) is 0 Å². The molecule has 2 rings (SSSR count). The highest BCUT2D eigenvalue weighted by atomic mass is 32.1. The summed E-state index contributed by atoms with van der Waals surface area (Å²) in [5.41, 5.74) is 2.90. The Kier molecular flexibility index (Phi) is 4.28. The molecular weight excluding hydrogens is 246 g/mol. The van der Waals surface area contributed by atoms with E-state index in [2.05, 4.69) is 15.3 Å². The van der Waals surface area contributed by atoms with Crippen molar-refractivity contribution in [1.82, 2.24) is 15.3 Å². The number of nitrogens with one attached hydrogen (secondary N) is 1. The predicted octanol–water partition coefficient (Wildman–Crippen LogP) is 2.45. The van der Waals surface area contributed by atoms with Gasteiger partial charge in [-0.3, -0.25) is 4.98 Å². The smallest absolute Gasteiger partial charge is 0.142 e. The maximum Gasteiger partial charge on any atom is 0.142 e. The number of ether oxygens (including phenoxy) is 1. The van der Waals surface area contributed by atoms with E-state index in [-0.39, 0.29) is 0 Å². The van der Waals surface area contributed by atoms with Crippen molar-refractivity contribution in [1.29, 1.82) is 0 Å². The lowest BCUT2D eigenvalue weighted by atomic mass is 10.3. The van der Waals surface area contributed by atoms with E-state index in [0.717, 1.165) is 27.8 Å². The fraction of sp³-hybridized carbons (Fsp3) is 0.385. The van der Waals surface area contributed by atoms with Crippen LogP contribution in [0.25, 0.3) is 0 Å². The van der Waals surface area contributed by atoms with Gasteiger partial charge < -0.3 is 10.1 Å². The van der Waals surface area contributed by atoms with Crippen LogP contribution in [0, 0.1) is 13.8 Å². The summed E-state index contributed by atoms with van der Waals surface area (Å²) in [5, 5.41) is 6.18. The van der Waals surface area contributed by atoms with E-state index >= 15 is 0 Å². The second-order valence-electron chi connectivity index (χ2n) is 4.07. The van der Waals surface area contributed by atoms with E-state index in [1.165, 1.54) is 0 Å². The molecule has 0 saturated heterocycles. The number of pyridine rings is 1. The minimum Gasteiger partial charge on any atom is -0.485 e.